The van der Waals surface area contributed by atoms with Crippen molar-refractivity contribution in [1.82, 2.24) is 4.57 Å². The van der Waals surface area contributed by atoms with E-state index in [0.29, 0.717) is 5.56 Å². The Morgan fingerprint density at radius 3 is 2.00 bits per heavy atom. The van der Waals surface area contributed by atoms with Crippen LogP contribution < -0.4 is 10.1 Å². The summed E-state index contributed by atoms with van der Waals surface area (Å²) in [5.41, 5.74) is 4.81. The Morgan fingerprint density at radius 2 is 1.46 bits per heavy atom. The summed E-state index contributed by atoms with van der Waals surface area (Å²) in [4.78, 5) is 12.3. The van der Waals surface area contributed by atoms with Gasteiger partial charge in [0.05, 0.1) is 7.11 Å². The Balaban J connectivity index is 1.75. The highest BCUT2D eigenvalue weighted by atomic mass is 16.5. The van der Waals surface area contributed by atoms with Gasteiger partial charge in [0.15, 0.2) is 0 Å². The van der Waals surface area contributed by atoms with E-state index in [9.17, 15) is 4.79 Å². The minimum absolute atomic E-state index is 0.140. The van der Waals surface area contributed by atoms with Gasteiger partial charge in [-0.15, -0.1) is 0 Å². The highest BCUT2D eigenvalue weighted by Crippen LogP contribution is 2.19. The van der Waals surface area contributed by atoms with Crippen LogP contribution in [0.25, 0.3) is 5.69 Å². The van der Waals surface area contributed by atoms with E-state index in [0.717, 1.165) is 17.1 Å². The number of aryl methyl sites for hydroxylation is 2. The van der Waals surface area contributed by atoms with E-state index in [4.69, 9.17) is 4.74 Å². The number of rotatable bonds is 4. The molecule has 0 unspecified atom stereocenters. The summed E-state index contributed by atoms with van der Waals surface area (Å²) < 4.78 is 7.28. The summed E-state index contributed by atoms with van der Waals surface area (Å²) in [6, 6.07) is 19.1. The van der Waals surface area contributed by atoms with Crippen LogP contribution in [-0.4, -0.2) is 17.6 Å². The number of carbonyl (C=O) groups is 1. The number of nitrogens with zero attached hydrogens (tertiary/aromatic N) is 1. The fourth-order valence-corrected chi connectivity index (χ4v) is 2.72. The molecule has 0 aliphatic rings. The molecule has 1 N–H and O–H groups in total. The van der Waals surface area contributed by atoms with Crippen molar-refractivity contribution in [1.29, 1.82) is 0 Å². The highest BCUT2D eigenvalue weighted by Gasteiger charge is 2.07. The van der Waals surface area contributed by atoms with Crippen LogP contribution in [0.1, 0.15) is 21.7 Å². The van der Waals surface area contributed by atoms with E-state index in [1.165, 1.54) is 11.4 Å². The minimum Gasteiger partial charge on any atom is -0.497 e. The van der Waals surface area contributed by atoms with Crippen molar-refractivity contribution in [2.45, 2.75) is 13.8 Å². The van der Waals surface area contributed by atoms with Crippen molar-refractivity contribution < 1.29 is 9.53 Å². The molecule has 24 heavy (non-hydrogen) atoms. The first-order chi connectivity index (χ1) is 11.6. The Kier molecular flexibility index (Phi) is 4.38. The summed E-state index contributed by atoms with van der Waals surface area (Å²) in [5, 5.41) is 2.91. The van der Waals surface area contributed by atoms with Crippen LogP contribution in [0.15, 0.2) is 60.7 Å². The quantitative estimate of drug-likeness (QED) is 0.776. The second-order valence-corrected chi connectivity index (χ2v) is 5.68. The Morgan fingerprint density at radius 1 is 0.875 bits per heavy atom. The molecule has 0 aliphatic carbocycles. The molecular weight excluding hydrogens is 300 g/mol. The molecule has 0 spiro atoms. The second-order valence-electron chi connectivity index (χ2n) is 5.68. The van der Waals surface area contributed by atoms with Gasteiger partial charge >= 0.3 is 0 Å². The summed E-state index contributed by atoms with van der Waals surface area (Å²) in [6.45, 7) is 4.15. The molecule has 122 valence electrons. The van der Waals surface area contributed by atoms with Gasteiger partial charge < -0.3 is 14.6 Å². The molecule has 0 atom stereocenters. The SMILES string of the molecule is COc1ccc(C(=O)Nc2ccc(-n3c(C)ccc3C)cc2)cc1. The number of hydrogen-bond acceptors (Lipinski definition) is 2. The number of carbonyl (C=O) groups excluding carboxylic acids is 1. The maximum absolute atomic E-state index is 12.3. The second kappa shape index (κ2) is 6.62. The molecule has 3 rings (SSSR count). The van der Waals surface area contributed by atoms with Crippen molar-refractivity contribution >= 4 is 11.6 Å². The van der Waals surface area contributed by atoms with Gasteiger partial charge in [0, 0.05) is 28.3 Å². The lowest BCUT2D eigenvalue weighted by Gasteiger charge is -2.11. The van der Waals surface area contributed by atoms with Crippen LogP contribution in [0.3, 0.4) is 0 Å². The van der Waals surface area contributed by atoms with Gasteiger partial charge in [-0.3, -0.25) is 4.79 Å². The van der Waals surface area contributed by atoms with Gasteiger partial charge in [-0.05, 0) is 74.5 Å². The zero-order valence-electron chi connectivity index (χ0n) is 14.0. The van der Waals surface area contributed by atoms with Crippen molar-refractivity contribution in [2.24, 2.45) is 0 Å². The van der Waals surface area contributed by atoms with Crippen molar-refractivity contribution in [3.05, 3.63) is 77.6 Å². The predicted molar refractivity (Wildman–Crippen MR) is 96.2 cm³/mol. The van der Waals surface area contributed by atoms with Crippen LogP contribution in [0.5, 0.6) is 5.75 Å². The number of methoxy groups -OCH3 is 1. The van der Waals surface area contributed by atoms with Gasteiger partial charge in [-0.2, -0.15) is 0 Å². The Labute approximate surface area is 141 Å². The third-order valence-electron chi connectivity index (χ3n) is 4.01. The third kappa shape index (κ3) is 3.18. The summed E-state index contributed by atoms with van der Waals surface area (Å²) in [5.74, 6) is 0.590. The molecule has 0 aliphatic heterocycles. The number of ether oxygens (including phenoxy) is 1. The Bertz CT molecular complexity index is 827. The van der Waals surface area contributed by atoms with Gasteiger partial charge in [-0.1, -0.05) is 0 Å². The fourth-order valence-electron chi connectivity index (χ4n) is 2.72. The first-order valence-corrected chi connectivity index (χ1v) is 7.79. The molecule has 0 saturated carbocycles. The van der Waals surface area contributed by atoms with E-state index in [1.54, 1.807) is 31.4 Å². The molecule has 4 nitrogen and oxygen atoms in total. The minimum atomic E-state index is -0.140. The molecule has 1 heterocycles. The fraction of sp³-hybridized carbons (Fsp3) is 0.150. The van der Waals surface area contributed by atoms with E-state index in [1.807, 2.05) is 24.3 Å². The third-order valence-corrected chi connectivity index (χ3v) is 4.01. The standard InChI is InChI=1S/C20H20N2O2/c1-14-4-5-15(2)22(14)18-10-8-17(9-11-18)21-20(23)16-6-12-19(24-3)13-7-16/h4-13H,1-3H3,(H,21,23). The van der Waals surface area contributed by atoms with Crippen LogP contribution in [0.2, 0.25) is 0 Å². The van der Waals surface area contributed by atoms with Crippen LogP contribution in [0, 0.1) is 13.8 Å². The van der Waals surface area contributed by atoms with Crippen molar-refractivity contribution in [2.75, 3.05) is 12.4 Å². The van der Waals surface area contributed by atoms with Gasteiger partial charge in [-0.25, -0.2) is 0 Å². The summed E-state index contributed by atoms with van der Waals surface area (Å²) in [7, 11) is 1.60. The van der Waals surface area contributed by atoms with Gasteiger partial charge in [0.1, 0.15) is 5.75 Å². The maximum atomic E-state index is 12.3. The lowest BCUT2D eigenvalue weighted by Crippen LogP contribution is -2.11. The molecule has 3 aromatic rings. The first-order valence-electron chi connectivity index (χ1n) is 7.79. The lowest BCUT2D eigenvalue weighted by molar-refractivity contribution is 0.102. The smallest absolute Gasteiger partial charge is 0.255 e. The van der Waals surface area contributed by atoms with Crippen LogP contribution >= 0.6 is 0 Å². The topological polar surface area (TPSA) is 43.3 Å². The van der Waals surface area contributed by atoms with E-state index < -0.39 is 0 Å². The van der Waals surface area contributed by atoms with Gasteiger partial charge in [0.2, 0.25) is 0 Å². The average molecular weight is 320 g/mol. The number of benzene rings is 2. The monoisotopic (exact) mass is 320 g/mol. The molecule has 0 saturated heterocycles. The Hall–Kier alpha value is -3.01. The lowest BCUT2D eigenvalue weighted by atomic mass is 10.2. The molecule has 1 aromatic heterocycles. The molecular formula is C20H20N2O2. The van der Waals surface area contributed by atoms with Crippen molar-refractivity contribution in [3.63, 3.8) is 0 Å². The number of amides is 1. The van der Waals surface area contributed by atoms with E-state index >= 15 is 0 Å². The largest absolute Gasteiger partial charge is 0.497 e. The molecule has 0 fully saturated rings. The average Bonchev–Trinajstić information content (AvgIpc) is 2.94. The molecule has 4 heteroatoms. The zero-order valence-corrected chi connectivity index (χ0v) is 14.0. The van der Waals surface area contributed by atoms with Gasteiger partial charge in [0.25, 0.3) is 5.91 Å². The molecule has 0 bridgehead atoms. The summed E-state index contributed by atoms with van der Waals surface area (Å²) in [6.07, 6.45) is 0. The maximum Gasteiger partial charge on any atom is 0.255 e. The highest BCUT2D eigenvalue weighted by molar-refractivity contribution is 6.04. The van der Waals surface area contributed by atoms with Crippen LogP contribution in [0.4, 0.5) is 5.69 Å². The van der Waals surface area contributed by atoms with Crippen molar-refractivity contribution in [3.8, 4) is 11.4 Å². The number of anilines is 1. The molecule has 2 aromatic carbocycles. The number of nitrogens with one attached hydrogen (secondary N) is 1. The first kappa shape index (κ1) is 15.9. The number of aromatic nitrogens is 1. The van der Waals surface area contributed by atoms with E-state index in [2.05, 4.69) is 35.9 Å². The normalized spacial score (nSPS) is 10.5. The number of hydrogen-bond donors (Lipinski definition) is 1. The van der Waals surface area contributed by atoms with E-state index in [-0.39, 0.29) is 5.91 Å². The zero-order chi connectivity index (χ0) is 17.1. The molecule has 0 radical (unpaired) electrons. The predicted octanol–water partition coefficient (Wildman–Crippen LogP) is 4.36. The molecule has 1 amide bonds. The summed E-state index contributed by atoms with van der Waals surface area (Å²) >= 11 is 0. The van der Waals surface area contributed by atoms with Crippen LogP contribution in [-0.2, 0) is 0 Å².